The van der Waals surface area contributed by atoms with Gasteiger partial charge >= 0.3 is 5.69 Å². The molecule has 1 saturated heterocycles. The van der Waals surface area contributed by atoms with E-state index in [-0.39, 0.29) is 5.41 Å². The van der Waals surface area contributed by atoms with E-state index in [1.165, 1.54) is 12.6 Å². The number of anilines is 1. The van der Waals surface area contributed by atoms with Crippen LogP contribution in [0.15, 0.2) is 21.9 Å². The lowest BCUT2D eigenvalue weighted by Gasteiger charge is -2.39. The molecule has 7 nitrogen and oxygen atoms in total. The second-order valence-electron chi connectivity index (χ2n) is 6.88. The average molecular weight is 315 g/mol. The van der Waals surface area contributed by atoms with Crippen molar-refractivity contribution in [2.24, 2.45) is 5.41 Å². The number of aromatic amines is 2. The van der Waals surface area contributed by atoms with Gasteiger partial charge in [0.2, 0.25) is 0 Å². The Balaban J connectivity index is 2.02. The number of H-pyrrole nitrogens is 2. The number of nitrogens with zero attached hydrogens (tertiary/aromatic N) is 3. The Morgan fingerprint density at radius 1 is 1.26 bits per heavy atom. The van der Waals surface area contributed by atoms with Crippen LogP contribution in [-0.2, 0) is 0 Å². The predicted molar refractivity (Wildman–Crippen MR) is 88.7 cm³/mol. The topological polar surface area (TPSA) is 94.7 Å². The molecule has 0 amide bonds. The zero-order valence-corrected chi connectivity index (χ0v) is 13.6. The van der Waals surface area contributed by atoms with Crippen LogP contribution in [0, 0.1) is 12.3 Å². The van der Waals surface area contributed by atoms with Gasteiger partial charge in [-0.1, -0.05) is 13.8 Å². The number of aromatic nitrogens is 4. The molecule has 2 N–H and O–H groups in total. The minimum atomic E-state index is -0.531. The summed E-state index contributed by atoms with van der Waals surface area (Å²) in [5, 5.41) is 8.32. The Kier molecular flexibility index (Phi) is 3.79. The molecule has 0 saturated carbocycles. The molecule has 0 unspecified atom stereocenters. The Bertz CT molecular complexity index is 837. The summed E-state index contributed by atoms with van der Waals surface area (Å²) in [7, 11) is 0. The van der Waals surface area contributed by atoms with Gasteiger partial charge in [0.25, 0.3) is 5.56 Å². The number of rotatable bonds is 2. The summed E-state index contributed by atoms with van der Waals surface area (Å²) < 4.78 is 0. The maximum absolute atomic E-state index is 12.0. The lowest BCUT2D eigenvalue weighted by molar-refractivity contribution is 0.293. The molecule has 3 rings (SSSR count). The maximum atomic E-state index is 12.0. The molecule has 122 valence electrons. The summed E-state index contributed by atoms with van der Waals surface area (Å²) in [5.74, 6) is 0. The summed E-state index contributed by atoms with van der Waals surface area (Å²) in [6.07, 6.45) is 3.71. The van der Waals surface area contributed by atoms with Crippen LogP contribution in [0.4, 0.5) is 5.69 Å². The quantitative estimate of drug-likeness (QED) is 0.875. The Labute approximate surface area is 133 Å². The Morgan fingerprint density at radius 3 is 2.74 bits per heavy atom. The molecule has 1 aliphatic heterocycles. The number of aryl methyl sites for hydroxylation is 1. The van der Waals surface area contributed by atoms with E-state index in [2.05, 4.69) is 38.9 Å². The molecular weight excluding hydrogens is 294 g/mol. The fraction of sp³-hybridized carbons (Fsp3) is 0.500. The molecule has 7 heteroatoms. The van der Waals surface area contributed by atoms with E-state index < -0.39 is 11.2 Å². The molecule has 1 aliphatic rings. The van der Waals surface area contributed by atoms with E-state index in [1.807, 2.05) is 13.0 Å². The molecule has 2 aromatic rings. The lowest BCUT2D eigenvalue weighted by atomic mass is 9.84. The van der Waals surface area contributed by atoms with Crippen molar-refractivity contribution in [2.75, 3.05) is 18.0 Å². The van der Waals surface area contributed by atoms with E-state index in [0.29, 0.717) is 11.3 Å². The van der Waals surface area contributed by atoms with Gasteiger partial charge < -0.3 is 9.88 Å². The van der Waals surface area contributed by atoms with Crippen LogP contribution in [0.5, 0.6) is 0 Å². The largest absolute Gasteiger partial charge is 0.369 e. The van der Waals surface area contributed by atoms with E-state index in [1.54, 1.807) is 0 Å². The number of hydrogen-bond acceptors (Lipinski definition) is 5. The van der Waals surface area contributed by atoms with Crippen molar-refractivity contribution in [3.05, 3.63) is 38.8 Å². The lowest BCUT2D eigenvalue weighted by Crippen LogP contribution is -2.40. The normalized spacial score (nSPS) is 17.3. The third-order valence-electron chi connectivity index (χ3n) is 4.29. The van der Waals surface area contributed by atoms with Crippen molar-refractivity contribution in [3.63, 3.8) is 0 Å². The average Bonchev–Trinajstić information content (AvgIpc) is 2.47. The summed E-state index contributed by atoms with van der Waals surface area (Å²) in [6, 6.07) is 1.88. The van der Waals surface area contributed by atoms with Gasteiger partial charge in [0.1, 0.15) is 5.69 Å². The monoisotopic (exact) mass is 315 g/mol. The van der Waals surface area contributed by atoms with Crippen molar-refractivity contribution < 1.29 is 0 Å². The van der Waals surface area contributed by atoms with Crippen molar-refractivity contribution in [1.82, 2.24) is 20.2 Å². The van der Waals surface area contributed by atoms with Crippen LogP contribution < -0.4 is 16.1 Å². The van der Waals surface area contributed by atoms with E-state index in [0.717, 1.165) is 30.9 Å². The number of nitrogens with one attached hydrogen (secondary N) is 2. The molecule has 1 fully saturated rings. The molecule has 0 aromatic carbocycles. The van der Waals surface area contributed by atoms with Gasteiger partial charge in [-0.2, -0.15) is 5.10 Å². The summed E-state index contributed by atoms with van der Waals surface area (Å²) in [4.78, 5) is 30.1. The molecule has 0 radical (unpaired) electrons. The van der Waals surface area contributed by atoms with Crippen LogP contribution in [0.1, 0.15) is 32.4 Å². The van der Waals surface area contributed by atoms with E-state index >= 15 is 0 Å². The van der Waals surface area contributed by atoms with Crippen LogP contribution in [-0.4, -0.2) is 33.3 Å². The molecule has 3 heterocycles. The molecule has 0 spiro atoms. The van der Waals surface area contributed by atoms with E-state index in [4.69, 9.17) is 0 Å². The third kappa shape index (κ3) is 3.18. The fourth-order valence-electron chi connectivity index (χ4n) is 3.12. The SMILES string of the molecule is Cc1nnc(-c2c[nH]c(=O)[nH]c2=O)cc1N1CCCC(C)(C)C1. The highest BCUT2D eigenvalue weighted by atomic mass is 16.2. The number of piperidine rings is 1. The zero-order chi connectivity index (χ0) is 16.6. The highest BCUT2D eigenvalue weighted by Gasteiger charge is 2.27. The number of hydrogen-bond donors (Lipinski definition) is 2. The standard InChI is InChI=1S/C16H21N5O2/c1-10-13(21-6-4-5-16(2,3)9-21)7-12(20-19-10)11-8-17-15(23)18-14(11)22/h7-8H,4-6,9H2,1-3H3,(H2,17,18,22,23). The van der Waals surface area contributed by atoms with Crippen LogP contribution in [0.25, 0.3) is 11.3 Å². The molecule has 0 atom stereocenters. The van der Waals surface area contributed by atoms with Crippen LogP contribution >= 0.6 is 0 Å². The third-order valence-corrected chi connectivity index (χ3v) is 4.29. The molecule has 0 aliphatic carbocycles. The zero-order valence-electron chi connectivity index (χ0n) is 13.6. The van der Waals surface area contributed by atoms with Gasteiger partial charge in [-0.3, -0.25) is 9.78 Å². The van der Waals surface area contributed by atoms with Gasteiger partial charge in [-0.05, 0) is 31.2 Å². The maximum Gasteiger partial charge on any atom is 0.325 e. The van der Waals surface area contributed by atoms with E-state index in [9.17, 15) is 9.59 Å². The smallest absolute Gasteiger partial charge is 0.325 e. The molecule has 2 aromatic heterocycles. The molecular formula is C16H21N5O2. The minimum Gasteiger partial charge on any atom is -0.369 e. The second-order valence-corrected chi connectivity index (χ2v) is 6.88. The Hall–Kier alpha value is -2.44. The van der Waals surface area contributed by atoms with Crippen molar-refractivity contribution in [3.8, 4) is 11.3 Å². The van der Waals surface area contributed by atoms with Gasteiger partial charge in [0.15, 0.2) is 0 Å². The van der Waals surface area contributed by atoms with Crippen LogP contribution in [0.2, 0.25) is 0 Å². The van der Waals surface area contributed by atoms with Crippen LogP contribution in [0.3, 0.4) is 0 Å². The predicted octanol–water partition coefficient (Wildman–Crippen LogP) is 1.46. The minimum absolute atomic E-state index is 0.254. The first-order valence-corrected chi connectivity index (χ1v) is 7.77. The van der Waals surface area contributed by atoms with Crippen molar-refractivity contribution >= 4 is 5.69 Å². The van der Waals surface area contributed by atoms with Crippen molar-refractivity contribution in [1.29, 1.82) is 0 Å². The summed E-state index contributed by atoms with van der Waals surface area (Å²) >= 11 is 0. The highest BCUT2D eigenvalue weighted by molar-refractivity contribution is 5.64. The molecule has 0 bridgehead atoms. The van der Waals surface area contributed by atoms with Gasteiger partial charge in [0.05, 0.1) is 16.9 Å². The summed E-state index contributed by atoms with van der Waals surface area (Å²) in [5.41, 5.74) is 1.87. The highest BCUT2D eigenvalue weighted by Crippen LogP contribution is 2.33. The van der Waals surface area contributed by atoms with Crippen molar-refractivity contribution in [2.45, 2.75) is 33.6 Å². The fourth-order valence-corrected chi connectivity index (χ4v) is 3.12. The first-order valence-electron chi connectivity index (χ1n) is 7.77. The molecule has 23 heavy (non-hydrogen) atoms. The Morgan fingerprint density at radius 2 is 2.04 bits per heavy atom. The first-order chi connectivity index (χ1) is 10.9. The second kappa shape index (κ2) is 5.64. The van der Waals surface area contributed by atoms with Gasteiger partial charge in [-0.15, -0.1) is 5.10 Å². The van der Waals surface area contributed by atoms with Gasteiger partial charge in [0, 0.05) is 19.3 Å². The van der Waals surface area contributed by atoms with Gasteiger partial charge in [-0.25, -0.2) is 4.79 Å². The first kappa shape index (κ1) is 15.5. The summed E-state index contributed by atoms with van der Waals surface area (Å²) in [6.45, 7) is 8.36.